The highest BCUT2D eigenvalue weighted by Gasteiger charge is 2.29. The number of aliphatic carboxylic acids is 1. The van der Waals surface area contributed by atoms with E-state index in [2.05, 4.69) is 47.1 Å². The van der Waals surface area contributed by atoms with Crippen molar-refractivity contribution in [1.29, 1.82) is 0 Å². The van der Waals surface area contributed by atoms with Gasteiger partial charge in [0.1, 0.15) is 18.2 Å². The first-order valence-electron chi connectivity index (χ1n) is 15.6. The molecule has 2 aromatic rings. The van der Waals surface area contributed by atoms with Crippen LogP contribution in [0.3, 0.4) is 0 Å². The van der Waals surface area contributed by atoms with E-state index in [0.29, 0.717) is 13.1 Å². The highest BCUT2D eigenvalue weighted by Crippen LogP contribution is 2.44. The number of carbonyl (C=O) groups excluding carboxylic acids is 2. The van der Waals surface area contributed by atoms with E-state index in [1.165, 1.54) is 30.4 Å². The van der Waals surface area contributed by atoms with E-state index in [-0.39, 0.29) is 25.0 Å². The van der Waals surface area contributed by atoms with Gasteiger partial charge < -0.3 is 30.5 Å². The van der Waals surface area contributed by atoms with Crippen molar-refractivity contribution in [3.05, 3.63) is 59.7 Å². The van der Waals surface area contributed by atoms with Gasteiger partial charge in [0.15, 0.2) is 0 Å². The molecule has 0 unspecified atom stereocenters. The van der Waals surface area contributed by atoms with Crippen molar-refractivity contribution in [2.45, 2.75) is 103 Å². The lowest BCUT2D eigenvalue weighted by Gasteiger charge is -2.23. The van der Waals surface area contributed by atoms with Gasteiger partial charge in [0, 0.05) is 18.5 Å². The molecule has 1 aliphatic rings. The van der Waals surface area contributed by atoms with Gasteiger partial charge in [-0.1, -0.05) is 94.0 Å². The Labute approximate surface area is 256 Å². The lowest BCUT2D eigenvalue weighted by atomic mass is 9.98. The fourth-order valence-electron chi connectivity index (χ4n) is 5.43. The van der Waals surface area contributed by atoms with Gasteiger partial charge in [-0.15, -0.1) is 0 Å². The Bertz CT molecular complexity index is 1150. The first-order chi connectivity index (χ1) is 20.6. The minimum Gasteiger partial charge on any atom is -0.480 e. The van der Waals surface area contributed by atoms with Gasteiger partial charge in [-0.25, -0.2) is 14.4 Å². The summed E-state index contributed by atoms with van der Waals surface area (Å²) in [6.07, 6.45) is 6.57. The van der Waals surface area contributed by atoms with Crippen LogP contribution < -0.4 is 16.0 Å². The summed E-state index contributed by atoms with van der Waals surface area (Å²) in [7, 11) is 0. The molecular formula is C34H49N3O6. The van der Waals surface area contributed by atoms with Crippen LogP contribution in [0.5, 0.6) is 0 Å². The molecule has 9 heteroatoms. The van der Waals surface area contributed by atoms with Crippen molar-refractivity contribution < 1.29 is 29.0 Å². The van der Waals surface area contributed by atoms with Crippen LogP contribution in [0.2, 0.25) is 0 Å². The van der Waals surface area contributed by atoms with Gasteiger partial charge in [-0.05, 0) is 62.4 Å². The van der Waals surface area contributed by atoms with Gasteiger partial charge >= 0.3 is 18.2 Å². The average molecular weight is 596 g/mol. The summed E-state index contributed by atoms with van der Waals surface area (Å²) in [6.45, 7) is 8.39. The largest absolute Gasteiger partial charge is 0.480 e. The van der Waals surface area contributed by atoms with Crippen LogP contribution in [0.4, 0.5) is 9.59 Å². The summed E-state index contributed by atoms with van der Waals surface area (Å²) in [6, 6.07) is 15.2. The van der Waals surface area contributed by atoms with Crippen LogP contribution in [-0.4, -0.2) is 60.6 Å². The molecule has 0 bridgehead atoms. The zero-order valence-corrected chi connectivity index (χ0v) is 26.1. The number of carboxylic acid groups (broad SMARTS) is 1. The second-order valence-corrected chi connectivity index (χ2v) is 12.3. The Morgan fingerprint density at radius 2 is 1.44 bits per heavy atom. The summed E-state index contributed by atoms with van der Waals surface area (Å²) in [5.41, 5.74) is 3.96. The molecule has 0 radical (unpaired) electrons. The second-order valence-electron chi connectivity index (χ2n) is 12.3. The van der Waals surface area contributed by atoms with E-state index in [1.54, 1.807) is 20.8 Å². The minimum atomic E-state index is -1.13. The highest BCUT2D eigenvalue weighted by molar-refractivity contribution is 5.80. The molecule has 0 fully saturated rings. The summed E-state index contributed by atoms with van der Waals surface area (Å²) in [4.78, 5) is 36.7. The molecule has 2 amide bonds. The van der Waals surface area contributed by atoms with Gasteiger partial charge in [0.2, 0.25) is 0 Å². The molecule has 0 saturated carbocycles. The quantitative estimate of drug-likeness (QED) is 0.152. The molecule has 2 atom stereocenters. The Morgan fingerprint density at radius 3 is 2.05 bits per heavy atom. The molecule has 9 nitrogen and oxygen atoms in total. The molecule has 0 spiro atoms. The third-order valence-electron chi connectivity index (χ3n) is 7.56. The Kier molecular flexibility index (Phi) is 13.3. The summed E-state index contributed by atoms with van der Waals surface area (Å²) < 4.78 is 11.0. The van der Waals surface area contributed by atoms with Gasteiger partial charge in [-0.2, -0.15) is 0 Å². The molecule has 1 aliphatic carbocycles. The molecule has 43 heavy (non-hydrogen) atoms. The standard InChI is InChI=1S/C34H49N3O6/c1-5-6-7-8-9-10-15-24(22-35-21-20-30(31(38)39)37-33(41)43-34(2,3)4)36-32(40)42-23-29-27-18-13-11-16-25(27)26-17-12-14-19-28(26)29/h11-14,16-19,24,29-30,35H,5-10,15,20-23H2,1-4H3,(H,36,40)(H,37,41)(H,38,39)/t24-,30-/m0/s1. The monoisotopic (exact) mass is 595 g/mol. The predicted octanol–water partition coefficient (Wildman–Crippen LogP) is 6.60. The van der Waals surface area contributed by atoms with Gasteiger partial charge in [0.25, 0.3) is 0 Å². The highest BCUT2D eigenvalue weighted by atomic mass is 16.6. The molecule has 4 N–H and O–H groups in total. The van der Waals surface area contributed by atoms with Crippen molar-refractivity contribution in [2.75, 3.05) is 19.7 Å². The Hall–Kier alpha value is -3.59. The molecule has 2 aromatic carbocycles. The topological polar surface area (TPSA) is 126 Å². The number of unbranched alkanes of at least 4 members (excludes halogenated alkanes) is 5. The van der Waals surface area contributed by atoms with Crippen LogP contribution >= 0.6 is 0 Å². The number of hydrogen-bond donors (Lipinski definition) is 4. The van der Waals surface area contributed by atoms with Gasteiger partial charge in [0.05, 0.1) is 0 Å². The fourth-order valence-corrected chi connectivity index (χ4v) is 5.43. The summed E-state index contributed by atoms with van der Waals surface area (Å²) >= 11 is 0. The number of nitrogens with one attached hydrogen (secondary N) is 3. The average Bonchev–Trinajstić information content (AvgIpc) is 3.27. The maximum Gasteiger partial charge on any atom is 0.408 e. The molecular weight excluding hydrogens is 546 g/mol. The van der Waals surface area contributed by atoms with E-state index >= 15 is 0 Å². The molecule has 0 aliphatic heterocycles. The van der Waals surface area contributed by atoms with Crippen LogP contribution in [0.25, 0.3) is 11.1 Å². The van der Waals surface area contributed by atoms with Crippen LogP contribution in [-0.2, 0) is 14.3 Å². The SMILES string of the molecule is CCCCCCCC[C@@H](CNCC[C@H](NC(=O)OC(C)(C)C)C(=O)O)NC(=O)OCC1c2ccccc2-c2ccccc21. The molecule has 0 saturated heterocycles. The van der Waals surface area contributed by atoms with Crippen molar-refractivity contribution in [2.24, 2.45) is 0 Å². The lowest BCUT2D eigenvalue weighted by molar-refractivity contribution is -0.139. The number of rotatable bonds is 17. The minimum absolute atomic E-state index is 0.0151. The van der Waals surface area contributed by atoms with Crippen molar-refractivity contribution >= 4 is 18.2 Å². The van der Waals surface area contributed by atoms with E-state index in [4.69, 9.17) is 9.47 Å². The predicted molar refractivity (Wildman–Crippen MR) is 168 cm³/mol. The van der Waals surface area contributed by atoms with Crippen molar-refractivity contribution in [1.82, 2.24) is 16.0 Å². The van der Waals surface area contributed by atoms with E-state index in [9.17, 15) is 19.5 Å². The molecule has 3 rings (SSSR count). The van der Waals surface area contributed by atoms with E-state index < -0.39 is 29.8 Å². The van der Waals surface area contributed by atoms with Crippen molar-refractivity contribution in [3.8, 4) is 11.1 Å². The number of ether oxygens (including phenoxy) is 2. The number of carbonyl (C=O) groups is 3. The first kappa shape index (κ1) is 33.9. The maximum absolute atomic E-state index is 13.0. The third kappa shape index (κ3) is 11.2. The second kappa shape index (κ2) is 16.9. The zero-order chi connectivity index (χ0) is 31.2. The van der Waals surface area contributed by atoms with E-state index in [1.807, 2.05) is 24.3 Å². The Balaban J connectivity index is 1.52. The van der Waals surface area contributed by atoms with E-state index in [0.717, 1.165) is 36.8 Å². The number of hydrogen-bond acceptors (Lipinski definition) is 6. The van der Waals surface area contributed by atoms with Gasteiger partial charge in [-0.3, -0.25) is 0 Å². The number of fused-ring (bicyclic) bond motifs is 3. The van der Waals surface area contributed by atoms with Crippen LogP contribution in [0, 0.1) is 0 Å². The number of alkyl carbamates (subject to hydrolysis) is 2. The molecule has 0 aromatic heterocycles. The van der Waals surface area contributed by atoms with Crippen molar-refractivity contribution in [3.63, 3.8) is 0 Å². The number of carboxylic acids is 1. The summed E-state index contributed by atoms with van der Waals surface area (Å²) in [5.74, 6) is -1.15. The summed E-state index contributed by atoms with van der Waals surface area (Å²) in [5, 5.41) is 18.3. The Morgan fingerprint density at radius 1 is 0.837 bits per heavy atom. The first-order valence-corrected chi connectivity index (χ1v) is 15.6. The molecule has 0 heterocycles. The normalized spacial score (nSPS) is 13.9. The number of amides is 2. The smallest absolute Gasteiger partial charge is 0.408 e. The fraction of sp³-hybridized carbons (Fsp3) is 0.559. The third-order valence-corrected chi connectivity index (χ3v) is 7.56. The number of benzene rings is 2. The maximum atomic E-state index is 13.0. The van der Waals surface area contributed by atoms with Crippen LogP contribution in [0.15, 0.2) is 48.5 Å². The lowest BCUT2D eigenvalue weighted by Crippen LogP contribution is -2.46. The zero-order valence-electron chi connectivity index (χ0n) is 26.1. The van der Waals surface area contributed by atoms with Crippen LogP contribution in [0.1, 0.15) is 96.1 Å². The molecule has 236 valence electrons.